The molecule has 3 aliphatic carbocycles. The van der Waals surface area contributed by atoms with Crippen molar-refractivity contribution in [2.75, 3.05) is 32.6 Å². The topological polar surface area (TPSA) is 150 Å². The molecule has 0 radical (unpaired) electrons. The van der Waals surface area contributed by atoms with Crippen molar-refractivity contribution in [3.63, 3.8) is 0 Å². The third kappa shape index (κ3) is 2.79. The Morgan fingerprint density at radius 3 is 2.65 bits per heavy atom. The Labute approximate surface area is 213 Å². The second kappa shape index (κ2) is 7.44. The van der Waals surface area contributed by atoms with E-state index >= 15 is 0 Å². The summed E-state index contributed by atoms with van der Waals surface area (Å²) >= 11 is 0. The van der Waals surface area contributed by atoms with Crippen molar-refractivity contribution in [1.82, 2.24) is 9.88 Å². The van der Waals surface area contributed by atoms with E-state index in [-0.39, 0.29) is 17.1 Å². The van der Waals surface area contributed by atoms with Crippen molar-refractivity contribution in [1.29, 1.82) is 0 Å². The smallest absolute Gasteiger partial charge is 0.255 e. The van der Waals surface area contributed by atoms with Crippen molar-refractivity contribution in [2.24, 2.45) is 23.0 Å². The molecular formula is C27H30N4O6. The highest BCUT2D eigenvalue weighted by atomic mass is 16.3. The number of oxazole rings is 1. The molecule has 1 fully saturated rings. The van der Waals surface area contributed by atoms with Crippen LogP contribution in [0.4, 0.5) is 5.69 Å². The Hall–Kier alpha value is -3.66. The minimum Gasteiger partial charge on any atom is -0.511 e. The molecule has 4 aliphatic rings. The molecule has 2 aromatic rings. The molecule has 10 heteroatoms. The van der Waals surface area contributed by atoms with E-state index in [4.69, 9.17) is 10.2 Å². The number of nitrogens with two attached hydrogens (primary N) is 1. The highest BCUT2D eigenvalue weighted by Gasteiger charge is 2.64. The summed E-state index contributed by atoms with van der Waals surface area (Å²) in [7, 11) is 5.63. The lowest BCUT2D eigenvalue weighted by Gasteiger charge is -2.54. The number of ketones is 2. The number of anilines is 1. The number of aliphatic hydroxyl groups is 2. The fourth-order valence-corrected chi connectivity index (χ4v) is 7.67. The lowest BCUT2D eigenvalue weighted by Crippen LogP contribution is -2.61. The van der Waals surface area contributed by atoms with Crippen LogP contribution in [0.1, 0.15) is 42.1 Å². The van der Waals surface area contributed by atoms with E-state index in [9.17, 15) is 24.6 Å². The lowest BCUT2D eigenvalue weighted by atomic mass is 9.51. The molecule has 0 saturated carbocycles. The molecule has 0 bridgehead atoms. The summed E-state index contributed by atoms with van der Waals surface area (Å²) in [6, 6.07) is 1.89. The van der Waals surface area contributed by atoms with Gasteiger partial charge in [-0.05, 0) is 50.9 Å². The molecule has 194 valence electrons. The number of primary amides is 1. The van der Waals surface area contributed by atoms with Gasteiger partial charge in [-0.1, -0.05) is 6.92 Å². The van der Waals surface area contributed by atoms with Crippen LogP contribution in [0.15, 0.2) is 39.5 Å². The summed E-state index contributed by atoms with van der Waals surface area (Å²) in [6.07, 6.45) is 3.31. The van der Waals surface area contributed by atoms with Gasteiger partial charge in [0.15, 0.2) is 23.5 Å². The van der Waals surface area contributed by atoms with Crippen molar-refractivity contribution in [3.05, 3.63) is 46.3 Å². The second-order valence-corrected chi connectivity index (χ2v) is 11.4. The van der Waals surface area contributed by atoms with E-state index in [0.29, 0.717) is 42.5 Å². The number of amides is 1. The maximum absolute atomic E-state index is 14.2. The first-order valence-corrected chi connectivity index (χ1v) is 12.5. The quantitative estimate of drug-likeness (QED) is 0.522. The van der Waals surface area contributed by atoms with Gasteiger partial charge in [-0.25, -0.2) is 4.98 Å². The number of aliphatic hydroxyl groups excluding tert-OH is 2. The third-order valence-electron chi connectivity index (χ3n) is 9.20. The fourth-order valence-electron chi connectivity index (χ4n) is 7.67. The number of likely N-dealkylation sites (N-methyl/N-ethyl adjacent to an activating group) is 1. The van der Waals surface area contributed by atoms with Gasteiger partial charge in [0, 0.05) is 36.7 Å². The van der Waals surface area contributed by atoms with Crippen LogP contribution in [-0.4, -0.2) is 70.8 Å². The summed E-state index contributed by atoms with van der Waals surface area (Å²) < 4.78 is 5.62. The fraction of sp³-hybridized carbons (Fsp3) is 0.481. The van der Waals surface area contributed by atoms with Gasteiger partial charge in [0.2, 0.25) is 0 Å². The standard InChI is InChI=1S/C27H30N4O6/c1-26-9-12-15(30(2)3)8-14-23(37-11-29-14)16(12)21(33)19(26)22(34)17-13(10-26)27(6-5-7-31(27)4)24(35)18(20(17)32)25(28)36/h8,11,13,17,34-35H,5-7,9-10H2,1-4H3,(H2,28,36)/t13?,17?,26-,27?/m0/s1. The first-order valence-electron chi connectivity index (χ1n) is 12.5. The van der Waals surface area contributed by atoms with Gasteiger partial charge < -0.3 is 25.3 Å². The number of carbonyl (C=O) groups excluding carboxylic acids is 3. The SMILES string of the molecule is CN(C)c1cc2ncoc2c2c1C[C@@]1(C)CC3C(C(=O)C(C(N)=O)=C(O)C34CCCN4C)C(O)=C1C2=O. The maximum atomic E-state index is 14.2. The van der Waals surface area contributed by atoms with Crippen molar-refractivity contribution in [3.8, 4) is 0 Å². The number of rotatable bonds is 2. The monoisotopic (exact) mass is 506 g/mol. The number of hydrogen-bond acceptors (Lipinski definition) is 9. The van der Waals surface area contributed by atoms with Crippen molar-refractivity contribution < 1.29 is 29.0 Å². The zero-order valence-electron chi connectivity index (χ0n) is 21.3. The van der Waals surface area contributed by atoms with Crippen molar-refractivity contribution in [2.45, 2.75) is 38.1 Å². The first-order chi connectivity index (χ1) is 17.4. The van der Waals surface area contributed by atoms with Crippen LogP contribution in [0.25, 0.3) is 11.1 Å². The normalized spacial score (nSPS) is 31.7. The number of carbonyl (C=O) groups is 3. The Kier molecular flexibility index (Phi) is 4.77. The predicted octanol–water partition coefficient (Wildman–Crippen LogP) is 2.43. The van der Waals surface area contributed by atoms with E-state index < -0.39 is 45.8 Å². The average Bonchev–Trinajstić information content (AvgIpc) is 3.43. The van der Waals surface area contributed by atoms with Crippen LogP contribution >= 0.6 is 0 Å². The van der Waals surface area contributed by atoms with Crippen LogP contribution in [0.3, 0.4) is 0 Å². The zero-order chi connectivity index (χ0) is 26.6. The molecule has 4 N–H and O–H groups in total. The Balaban J connectivity index is 1.63. The van der Waals surface area contributed by atoms with E-state index in [0.717, 1.165) is 17.7 Å². The average molecular weight is 507 g/mol. The first kappa shape index (κ1) is 23.7. The van der Waals surface area contributed by atoms with Crippen LogP contribution in [0.5, 0.6) is 0 Å². The van der Waals surface area contributed by atoms with E-state index in [1.807, 2.05) is 43.9 Å². The molecule has 4 atom stereocenters. The van der Waals surface area contributed by atoms with Crippen LogP contribution in [0.2, 0.25) is 0 Å². The highest BCUT2D eigenvalue weighted by molar-refractivity contribution is 6.23. The molecule has 37 heavy (non-hydrogen) atoms. The van der Waals surface area contributed by atoms with E-state index in [1.165, 1.54) is 6.39 Å². The van der Waals surface area contributed by atoms with E-state index in [1.54, 1.807) is 0 Å². The zero-order valence-corrected chi connectivity index (χ0v) is 21.3. The molecule has 1 saturated heterocycles. The number of nitrogens with zero attached hydrogens (tertiary/aromatic N) is 3. The number of aromatic nitrogens is 1. The molecule has 2 heterocycles. The molecule has 3 unspecified atom stereocenters. The van der Waals surface area contributed by atoms with Crippen molar-refractivity contribution >= 4 is 34.3 Å². The Morgan fingerprint density at radius 2 is 2.03 bits per heavy atom. The summed E-state index contributed by atoms with van der Waals surface area (Å²) in [5, 5.41) is 23.1. The minimum atomic E-state index is -1.16. The number of Topliss-reactive ketones (excluding diaryl/α,β-unsaturated/α-hetero) is 2. The molecule has 1 aromatic heterocycles. The van der Waals surface area contributed by atoms with Gasteiger partial charge in [0.05, 0.1) is 17.0 Å². The minimum absolute atomic E-state index is 0.157. The Bertz CT molecular complexity index is 1490. The summed E-state index contributed by atoms with van der Waals surface area (Å²) in [5.41, 5.74) is 6.21. The number of benzene rings is 1. The molecule has 1 spiro atoms. The molecule has 1 aliphatic heterocycles. The maximum Gasteiger partial charge on any atom is 0.255 e. The predicted molar refractivity (Wildman–Crippen MR) is 134 cm³/mol. The van der Waals surface area contributed by atoms with Gasteiger partial charge in [-0.15, -0.1) is 0 Å². The van der Waals surface area contributed by atoms with Crippen LogP contribution in [0, 0.1) is 17.3 Å². The molecule has 1 amide bonds. The summed E-state index contributed by atoms with van der Waals surface area (Å²) in [4.78, 5) is 48.3. The van der Waals surface area contributed by atoms with Crippen LogP contribution in [-0.2, 0) is 16.0 Å². The number of likely N-dealkylation sites (tertiary alicyclic amines) is 1. The third-order valence-corrected chi connectivity index (χ3v) is 9.20. The number of hydrogen-bond donors (Lipinski definition) is 3. The highest BCUT2D eigenvalue weighted by Crippen LogP contribution is 2.60. The second-order valence-electron chi connectivity index (χ2n) is 11.4. The Morgan fingerprint density at radius 1 is 1.30 bits per heavy atom. The lowest BCUT2D eigenvalue weighted by molar-refractivity contribution is -0.130. The molecule has 6 rings (SSSR count). The molecular weight excluding hydrogens is 476 g/mol. The summed E-state index contributed by atoms with van der Waals surface area (Å²) in [5.74, 6) is -4.54. The largest absolute Gasteiger partial charge is 0.511 e. The van der Waals surface area contributed by atoms with Gasteiger partial charge >= 0.3 is 0 Å². The van der Waals surface area contributed by atoms with E-state index in [2.05, 4.69) is 4.98 Å². The number of fused-ring (bicyclic) bond motifs is 6. The van der Waals surface area contributed by atoms with Gasteiger partial charge in [-0.3, -0.25) is 19.3 Å². The number of allylic oxidation sites excluding steroid dienone is 2. The van der Waals surface area contributed by atoms with Crippen LogP contribution < -0.4 is 10.6 Å². The molecule has 10 nitrogen and oxygen atoms in total. The van der Waals surface area contributed by atoms with Gasteiger partial charge in [-0.2, -0.15) is 0 Å². The van der Waals surface area contributed by atoms with Gasteiger partial charge in [0.1, 0.15) is 22.6 Å². The van der Waals surface area contributed by atoms with Gasteiger partial charge in [0.25, 0.3) is 5.91 Å². The summed E-state index contributed by atoms with van der Waals surface area (Å²) in [6.45, 7) is 2.58. The molecule has 1 aromatic carbocycles.